The van der Waals surface area contributed by atoms with Crippen LogP contribution in [0, 0.1) is 6.92 Å². The predicted molar refractivity (Wildman–Crippen MR) is 142 cm³/mol. The van der Waals surface area contributed by atoms with Crippen LogP contribution in [0.25, 0.3) is 10.9 Å². The van der Waals surface area contributed by atoms with E-state index < -0.39 is 23.3 Å². The van der Waals surface area contributed by atoms with Gasteiger partial charge in [0.2, 0.25) is 5.60 Å². The average molecular weight is 562 g/mol. The normalized spacial score (nSPS) is 13.2. The topological polar surface area (TPSA) is 69.9 Å². The van der Waals surface area contributed by atoms with Crippen molar-refractivity contribution in [2.45, 2.75) is 45.5 Å². The molecular weight excluding hydrogens is 535 g/mol. The lowest BCUT2D eigenvalue weighted by Gasteiger charge is -2.25. The number of methoxy groups -OCH3 is 1. The number of hydrogen-bond donors (Lipinski definition) is 1. The number of carboxylic acids is 1. The zero-order chi connectivity index (χ0) is 28.5. The lowest BCUT2D eigenvalue weighted by atomic mass is 10.0. The SMILES string of the molecule is CCC(C)(Oc1cc(Cn2c(C)c(Oc3ccc(OC)cc3)c3ccc(C(F)(F)F)cc32)ccc1Cl)C(=O)O. The van der Waals surface area contributed by atoms with E-state index >= 15 is 0 Å². The maximum atomic E-state index is 13.6. The number of carboxylic acid groups (broad SMARTS) is 1. The van der Waals surface area contributed by atoms with Gasteiger partial charge in [-0.15, -0.1) is 0 Å². The van der Waals surface area contributed by atoms with Gasteiger partial charge in [0.1, 0.15) is 17.2 Å². The smallest absolute Gasteiger partial charge is 0.416 e. The fraction of sp³-hybridized carbons (Fsp3) is 0.276. The third-order valence-electron chi connectivity index (χ3n) is 6.67. The summed E-state index contributed by atoms with van der Waals surface area (Å²) in [6.45, 7) is 5.05. The molecule has 0 bridgehead atoms. The summed E-state index contributed by atoms with van der Waals surface area (Å²) in [5, 5.41) is 10.3. The van der Waals surface area contributed by atoms with Crippen molar-refractivity contribution in [2.75, 3.05) is 7.11 Å². The van der Waals surface area contributed by atoms with Crippen LogP contribution in [-0.4, -0.2) is 28.4 Å². The Hall–Kier alpha value is -3.85. The molecule has 0 aliphatic rings. The van der Waals surface area contributed by atoms with Crippen molar-refractivity contribution in [3.8, 4) is 23.0 Å². The Morgan fingerprint density at radius 2 is 1.69 bits per heavy atom. The van der Waals surface area contributed by atoms with Crippen LogP contribution in [0.1, 0.15) is 37.1 Å². The first-order chi connectivity index (χ1) is 18.4. The van der Waals surface area contributed by atoms with Gasteiger partial charge in [-0.2, -0.15) is 13.2 Å². The standard InChI is InChI=1S/C29H27ClF3NO5/c1-5-28(3,27(35)36)39-25-14-18(6-13-23(25)30)16-34-17(2)26(38-21-10-8-20(37-4)9-11-21)22-12-7-19(15-24(22)34)29(31,32)33/h6-15H,5,16H2,1-4H3,(H,35,36). The molecule has 0 aliphatic carbocycles. The zero-order valence-corrected chi connectivity index (χ0v) is 22.5. The van der Waals surface area contributed by atoms with Gasteiger partial charge in [-0.1, -0.05) is 24.6 Å². The van der Waals surface area contributed by atoms with E-state index in [2.05, 4.69) is 0 Å². The summed E-state index contributed by atoms with van der Waals surface area (Å²) < 4.78 is 59.7. The maximum absolute atomic E-state index is 13.6. The molecular formula is C29H27ClF3NO5. The number of nitrogens with zero attached hydrogens (tertiary/aromatic N) is 1. The molecule has 1 unspecified atom stereocenters. The van der Waals surface area contributed by atoms with E-state index in [4.69, 9.17) is 25.8 Å². The van der Waals surface area contributed by atoms with E-state index in [1.165, 1.54) is 13.0 Å². The van der Waals surface area contributed by atoms with Gasteiger partial charge in [0.15, 0.2) is 5.75 Å². The van der Waals surface area contributed by atoms with Crippen molar-refractivity contribution in [2.24, 2.45) is 0 Å². The average Bonchev–Trinajstić information content (AvgIpc) is 3.15. The molecule has 0 saturated heterocycles. The van der Waals surface area contributed by atoms with Crippen molar-refractivity contribution in [3.05, 3.63) is 82.5 Å². The van der Waals surface area contributed by atoms with Crippen molar-refractivity contribution in [1.82, 2.24) is 4.57 Å². The number of halogens is 4. The summed E-state index contributed by atoms with van der Waals surface area (Å²) in [5.74, 6) is 0.574. The summed E-state index contributed by atoms with van der Waals surface area (Å²) in [7, 11) is 1.55. The van der Waals surface area contributed by atoms with Crippen LogP contribution < -0.4 is 14.2 Å². The third-order valence-corrected chi connectivity index (χ3v) is 6.98. The Labute approximate surface area is 228 Å². The molecule has 1 N–H and O–H groups in total. The number of hydrogen-bond acceptors (Lipinski definition) is 4. The molecule has 0 saturated carbocycles. The van der Waals surface area contributed by atoms with E-state index in [0.29, 0.717) is 39.4 Å². The van der Waals surface area contributed by atoms with Crippen LogP contribution in [0.5, 0.6) is 23.0 Å². The Bertz CT molecular complexity index is 1510. The van der Waals surface area contributed by atoms with E-state index in [-0.39, 0.29) is 23.7 Å². The largest absolute Gasteiger partial charge is 0.497 e. The molecule has 10 heteroatoms. The summed E-state index contributed by atoms with van der Waals surface area (Å²) >= 11 is 6.30. The second kappa shape index (κ2) is 10.7. The molecule has 0 spiro atoms. The lowest BCUT2D eigenvalue weighted by molar-refractivity contribution is -0.154. The Morgan fingerprint density at radius 3 is 2.28 bits per heavy atom. The zero-order valence-electron chi connectivity index (χ0n) is 21.7. The molecule has 0 fully saturated rings. The van der Waals surface area contributed by atoms with E-state index in [0.717, 1.165) is 12.1 Å². The number of aliphatic carboxylic acids is 1. The number of carbonyl (C=O) groups is 1. The maximum Gasteiger partial charge on any atom is 0.416 e. The second-order valence-electron chi connectivity index (χ2n) is 9.26. The Balaban J connectivity index is 1.79. The first-order valence-electron chi connectivity index (χ1n) is 12.1. The molecule has 1 atom stereocenters. The van der Waals surface area contributed by atoms with Crippen LogP contribution in [0.2, 0.25) is 5.02 Å². The molecule has 0 radical (unpaired) electrons. The first-order valence-corrected chi connectivity index (χ1v) is 12.5. The van der Waals surface area contributed by atoms with Gasteiger partial charge in [0.25, 0.3) is 0 Å². The number of rotatable bonds is 9. The fourth-order valence-electron chi connectivity index (χ4n) is 4.13. The number of aromatic nitrogens is 1. The van der Waals surface area contributed by atoms with Gasteiger partial charge < -0.3 is 23.9 Å². The van der Waals surface area contributed by atoms with Crippen LogP contribution in [-0.2, 0) is 17.5 Å². The molecule has 4 rings (SSSR count). The number of ether oxygens (including phenoxy) is 3. The highest BCUT2D eigenvalue weighted by Crippen LogP contribution is 2.40. The van der Waals surface area contributed by atoms with E-state index in [1.807, 2.05) is 0 Å². The van der Waals surface area contributed by atoms with Crippen LogP contribution in [0.4, 0.5) is 13.2 Å². The molecule has 4 aromatic rings. The number of alkyl halides is 3. The minimum atomic E-state index is -4.53. The summed E-state index contributed by atoms with van der Waals surface area (Å²) in [6.07, 6.45) is -4.34. The minimum Gasteiger partial charge on any atom is -0.497 e. The molecule has 0 aliphatic heterocycles. The van der Waals surface area contributed by atoms with Crippen molar-refractivity contribution < 1.29 is 37.3 Å². The van der Waals surface area contributed by atoms with Gasteiger partial charge >= 0.3 is 12.1 Å². The molecule has 1 aromatic heterocycles. The van der Waals surface area contributed by atoms with Crippen LogP contribution in [0.3, 0.4) is 0 Å². The van der Waals surface area contributed by atoms with Crippen molar-refractivity contribution in [1.29, 1.82) is 0 Å². The van der Waals surface area contributed by atoms with Crippen LogP contribution in [0.15, 0.2) is 60.7 Å². The quantitative estimate of drug-likeness (QED) is 0.223. The van der Waals surface area contributed by atoms with Gasteiger partial charge in [-0.3, -0.25) is 0 Å². The molecule has 206 valence electrons. The monoisotopic (exact) mass is 561 g/mol. The predicted octanol–water partition coefficient (Wildman–Crippen LogP) is 8.10. The summed E-state index contributed by atoms with van der Waals surface area (Å²) in [4.78, 5) is 11.8. The number of benzene rings is 3. The fourth-order valence-corrected chi connectivity index (χ4v) is 4.29. The highest BCUT2D eigenvalue weighted by atomic mass is 35.5. The summed E-state index contributed by atoms with van der Waals surface area (Å²) in [6, 6.07) is 15.3. The molecule has 3 aromatic carbocycles. The minimum absolute atomic E-state index is 0.152. The second-order valence-corrected chi connectivity index (χ2v) is 9.67. The van der Waals surface area contributed by atoms with E-state index in [9.17, 15) is 23.1 Å². The van der Waals surface area contributed by atoms with Gasteiger partial charge in [-0.05, 0) is 80.4 Å². The molecule has 6 nitrogen and oxygen atoms in total. The first kappa shape index (κ1) is 28.2. The van der Waals surface area contributed by atoms with Gasteiger partial charge in [0, 0.05) is 11.9 Å². The van der Waals surface area contributed by atoms with E-state index in [1.54, 1.807) is 68.0 Å². The Kier molecular flexibility index (Phi) is 7.75. The molecule has 1 heterocycles. The lowest BCUT2D eigenvalue weighted by Crippen LogP contribution is -2.40. The van der Waals surface area contributed by atoms with Crippen molar-refractivity contribution in [3.63, 3.8) is 0 Å². The van der Waals surface area contributed by atoms with Gasteiger partial charge in [-0.25, -0.2) is 4.79 Å². The van der Waals surface area contributed by atoms with Crippen molar-refractivity contribution >= 4 is 28.5 Å². The number of fused-ring (bicyclic) bond motifs is 1. The molecule has 0 amide bonds. The van der Waals surface area contributed by atoms with Crippen LogP contribution >= 0.6 is 11.6 Å². The third kappa shape index (κ3) is 5.78. The Morgan fingerprint density at radius 1 is 1.03 bits per heavy atom. The highest BCUT2D eigenvalue weighted by molar-refractivity contribution is 6.32. The molecule has 39 heavy (non-hydrogen) atoms. The highest BCUT2D eigenvalue weighted by Gasteiger charge is 2.34. The summed E-state index contributed by atoms with van der Waals surface area (Å²) in [5.41, 5.74) is -0.718. The van der Waals surface area contributed by atoms with Gasteiger partial charge in [0.05, 0.1) is 28.9 Å².